The lowest BCUT2D eigenvalue weighted by Crippen LogP contribution is -1.95. The number of benzene rings is 4. The van der Waals surface area contributed by atoms with Crippen LogP contribution in [0.15, 0.2) is 103 Å². The number of carbonyl (C=O) groups is 2. The van der Waals surface area contributed by atoms with Gasteiger partial charge in [0.2, 0.25) is 6.41 Å². The molecule has 40 heavy (non-hydrogen) atoms. The minimum Gasteiger partial charge on any atom is -0.478 e. The molecule has 1 heterocycles. The van der Waals surface area contributed by atoms with E-state index in [1.807, 2.05) is 45.0 Å². The quantitative estimate of drug-likeness (QED) is 0.220. The van der Waals surface area contributed by atoms with Crippen molar-refractivity contribution in [1.29, 1.82) is 0 Å². The molecule has 0 saturated heterocycles. The molecular formula is C31H29F2N3O4. The summed E-state index contributed by atoms with van der Waals surface area (Å²) >= 11 is 0. The highest BCUT2D eigenvalue weighted by molar-refractivity contribution is 5.87. The average molecular weight is 546 g/mol. The van der Waals surface area contributed by atoms with Crippen molar-refractivity contribution in [2.45, 2.75) is 20.8 Å². The summed E-state index contributed by atoms with van der Waals surface area (Å²) in [5, 5.41) is 10.9. The molecule has 0 aliphatic rings. The number of carbonyl (C=O) groups excluding carboxylic acids is 1. The maximum Gasteiger partial charge on any atom is 0.335 e. The number of nitrogens with one attached hydrogen (secondary N) is 1. The van der Waals surface area contributed by atoms with Gasteiger partial charge >= 0.3 is 5.97 Å². The number of aromatic carboxylic acids is 1. The first-order valence-corrected chi connectivity index (χ1v) is 12.2. The fourth-order valence-electron chi connectivity index (χ4n) is 3.06. The van der Waals surface area contributed by atoms with E-state index in [0.717, 1.165) is 28.4 Å². The summed E-state index contributed by atoms with van der Waals surface area (Å²) < 4.78 is 30.2. The topological polar surface area (TPSA) is 101 Å². The Morgan fingerprint density at radius 1 is 0.800 bits per heavy atom. The molecule has 0 saturated carbocycles. The van der Waals surface area contributed by atoms with Gasteiger partial charge in [-0.1, -0.05) is 32.0 Å². The van der Waals surface area contributed by atoms with E-state index in [2.05, 4.69) is 15.3 Å². The van der Waals surface area contributed by atoms with Gasteiger partial charge in [0, 0.05) is 24.1 Å². The fourth-order valence-corrected chi connectivity index (χ4v) is 3.06. The largest absolute Gasteiger partial charge is 0.478 e. The van der Waals surface area contributed by atoms with Crippen LogP contribution in [0.3, 0.4) is 0 Å². The van der Waals surface area contributed by atoms with Crippen molar-refractivity contribution in [2.75, 3.05) is 5.32 Å². The average Bonchev–Trinajstić information content (AvgIpc) is 2.96. The second-order valence-corrected chi connectivity index (χ2v) is 7.71. The van der Waals surface area contributed by atoms with E-state index in [1.165, 1.54) is 30.3 Å². The number of anilines is 1. The molecular weight excluding hydrogens is 516 g/mol. The van der Waals surface area contributed by atoms with Crippen LogP contribution in [-0.2, 0) is 4.79 Å². The summed E-state index contributed by atoms with van der Waals surface area (Å²) in [6.45, 7) is 5.86. The molecule has 0 fully saturated rings. The molecule has 1 aromatic heterocycles. The lowest BCUT2D eigenvalue weighted by atomic mass is 10.2. The Labute approximate surface area is 231 Å². The number of fused-ring (bicyclic) bond motifs is 1. The number of amides is 1. The monoisotopic (exact) mass is 545 g/mol. The number of rotatable bonds is 5. The first kappa shape index (κ1) is 31.0. The summed E-state index contributed by atoms with van der Waals surface area (Å²) in [6, 6.07) is 24.0. The van der Waals surface area contributed by atoms with E-state index in [1.54, 1.807) is 42.7 Å². The Morgan fingerprint density at radius 2 is 1.40 bits per heavy atom. The van der Waals surface area contributed by atoms with Gasteiger partial charge in [-0.15, -0.1) is 0 Å². The Morgan fingerprint density at radius 3 is 1.93 bits per heavy atom. The highest BCUT2D eigenvalue weighted by atomic mass is 19.1. The van der Waals surface area contributed by atoms with Crippen molar-refractivity contribution >= 4 is 29.1 Å². The van der Waals surface area contributed by atoms with Gasteiger partial charge in [0.1, 0.15) is 23.1 Å². The number of aromatic nitrogens is 2. The second kappa shape index (κ2) is 16.6. The normalized spacial score (nSPS) is 9.43. The maximum absolute atomic E-state index is 12.3. The lowest BCUT2D eigenvalue weighted by Gasteiger charge is -2.07. The van der Waals surface area contributed by atoms with Crippen LogP contribution in [0.1, 0.15) is 29.8 Å². The van der Waals surface area contributed by atoms with Gasteiger partial charge in [0.05, 0.1) is 16.6 Å². The third kappa shape index (κ3) is 10.7. The zero-order valence-electron chi connectivity index (χ0n) is 22.2. The molecule has 9 heteroatoms. The number of carboxylic acid groups (broad SMARTS) is 1. The Bertz CT molecular complexity index is 1500. The molecule has 4 aromatic carbocycles. The van der Waals surface area contributed by atoms with Gasteiger partial charge in [-0.25, -0.2) is 13.6 Å². The van der Waals surface area contributed by atoms with Gasteiger partial charge in [-0.2, -0.15) is 0 Å². The van der Waals surface area contributed by atoms with E-state index in [9.17, 15) is 18.4 Å². The number of halogens is 2. The van der Waals surface area contributed by atoms with Crippen LogP contribution in [0.4, 0.5) is 14.5 Å². The summed E-state index contributed by atoms with van der Waals surface area (Å²) in [6.07, 6.45) is 3.94. The summed E-state index contributed by atoms with van der Waals surface area (Å²) in [5.74, 6) is -0.428. The molecule has 0 aliphatic heterocycles. The van der Waals surface area contributed by atoms with Crippen molar-refractivity contribution in [1.82, 2.24) is 9.97 Å². The number of hydrogen-bond donors (Lipinski definition) is 2. The molecule has 206 valence electrons. The number of hydrogen-bond acceptors (Lipinski definition) is 5. The van der Waals surface area contributed by atoms with Crippen molar-refractivity contribution < 1.29 is 28.2 Å². The Kier molecular flexibility index (Phi) is 12.9. The fraction of sp³-hybridized carbons (Fsp3) is 0.0968. The zero-order chi connectivity index (χ0) is 29.3. The van der Waals surface area contributed by atoms with Crippen molar-refractivity contribution in [3.05, 3.63) is 126 Å². The number of aryl methyl sites for hydroxylation is 1. The van der Waals surface area contributed by atoms with E-state index in [4.69, 9.17) is 9.84 Å². The van der Waals surface area contributed by atoms with Gasteiger partial charge in [-0.05, 0) is 79.2 Å². The van der Waals surface area contributed by atoms with Crippen LogP contribution in [0.25, 0.3) is 11.0 Å². The first-order chi connectivity index (χ1) is 19.3. The lowest BCUT2D eigenvalue weighted by molar-refractivity contribution is -0.105. The number of carboxylic acids is 1. The Balaban J connectivity index is 0.000000234. The van der Waals surface area contributed by atoms with E-state index >= 15 is 0 Å². The molecule has 1 amide bonds. The van der Waals surface area contributed by atoms with Crippen molar-refractivity contribution in [3.8, 4) is 11.5 Å². The molecule has 5 rings (SSSR count). The summed E-state index contributed by atoms with van der Waals surface area (Å²) in [5.41, 5.74) is 3.26. The van der Waals surface area contributed by atoms with Crippen LogP contribution >= 0.6 is 0 Å². The van der Waals surface area contributed by atoms with Crippen LogP contribution < -0.4 is 10.1 Å². The van der Waals surface area contributed by atoms with E-state index < -0.39 is 11.8 Å². The SMILES string of the molecule is CC.Cc1cccc(F)c1.O=C(O)c1cccc(F)c1.O=CNc1ccc(Oc2ccc3nccnc3c2)cc1. The Hall–Kier alpha value is -5.18. The van der Waals surface area contributed by atoms with Gasteiger partial charge < -0.3 is 15.2 Å². The molecule has 0 bridgehead atoms. The predicted molar refractivity (Wildman–Crippen MR) is 152 cm³/mol. The molecule has 5 aromatic rings. The molecule has 0 aliphatic carbocycles. The smallest absolute Gasteiger partial charge is 0.335 e. The molecule has 0 radical (unpaired) electrons. The molecule has 0 unspecified atom stereocenters. The van der Waals surface area contributed by atoms with Crippen LogP contribution in [0.2, 0.25) is 0 Å². The van der Waals surface area contributed by atoms with Gasteiger partial charge in [-0.3, -0.25) is 14.8 Å². The number of ether oxygens (including phenoxy) is 1. The third-order valence-electron chi connectivity index (χ3n) is 4.81. The second-order valence-electron chi connectivity index (χ2n) is 7.71. The minimum absolute atomic E-state index is 0.0278. The zero-order valence-corrected chi connectivity index (χ0v) is 22.2. The van der Waals surface area contributed by atoms with Crippen LogP contribution in [-0.4, -0.2) is 27.5 Å². The van der Waals surface area contributed by atoms with Crippen molar-refractivity contribution in [3.63, 3.8) is 0 Å². The molecule has 7 nitrogen and oxygen atoms in total. The standard InChI is InChI=1S/C15H11N3O2.C7H5FO2.C7H7F.C2H6/c19-10-18-11-1-3-12(4-2-11)20-13-5-6-14-15(9-13)17-8-7-16-14;8-6-3-1-2-5(4-6)7(9)10;1-6-3-2-4-7(8)5-6;1-2/h1-10H,(H,18,19);1-4H,(H,9,10);2-5H,1H3;1-2H3. The van der Waals surface area contributed by atoms with Crippen molar-refractivity contribution in [2.24, 2.45) is 0 Å². The molecule has 0 atom stereocenters. The van der Waals surface area contributed by atoms with E-state index in [-0.39, 0.29) is 11.4 Å². The van der Waals surface area contributed by atoms with E-state index in [0.29, 0.717) is 17.9 Å². The highest BCUT2D eigenvalue weighted by Crippen LogP contribution is 2.25. The number of nitrogens with zero attached hydrogens (tertiary/aromatic N) is 2. The van der Waals surface area contributed by atoms with Gasteiger partial charge in [0.25, 0.3) is 0 Å². The third-order valence-corrected chi connectivity index (χ3v) is 4.81. The predicted octanol–water partition coefficient (Wildman–Crippen LogP) is 7.67. The van der Waals surface area contributed by atoms with Crippen LogP contribution in [0.5, 0.6) is 11.5 Å². The molecule has 2 N–H and O–H groups in total. The summed E-state index contributed by atoms with van der Waals surface area (Å²) in [4.78, 5) is 28.9. The minimum atomic E-state index is -1.11. The first-order valence-electron chi connectivity index (χ1n) is 12.2. The highest BCUT2D eigenvalue weighted by Gasteiger charge is 2.02. The molecule has 0 spiro atoms. The van der Waals surface area contributed by atoms with Crippen LogP contribution in [0, 0.1) is 18.6 Å². The summed E-state index contributed by atoms with van der Waals surface area (Å²) in [7, 11) is 0. The van der Waals surface area contributed by atoms with Gasteiger partial charge in [0.15, 0.2) is 0 Å². The maximum atomic E-state index is 12.3.